The fourth-order valence-electron chi connectivity index (χ4n) is 4.98. The molecule has 0 spiro atoms. The van der Waals surface area contributed by atoms with Gasteiger partial charge in [-0.3, -0.25) is 19.2 Å². The molecule has 1 aromatic heterocycles. The fourth-order valence-corrected chi connectivity index (χ4v) is 4.98. The van der Waals surface area contributed by atoms with Crippen LogP contribution >= 0.6 is 0 Å². The van der Waals surface area contributed by atoms with Crippen LogP contribution in [0.1, 0.15) is 89.7 Å². The lowest BCUT2D eigenvalue weighted by molar-refractivity contribution is -0.171. The van der Waals surface area contributed by atoms with Crippen molar-refractivity contribution in [3.63, 3.8) is 0 Å². The number of rotatable bonds is 18. The van der Waals surface area contributed by atoms with Gasteiger partial charge in [0.25, 0.3) is 5.91 Å². The number of nitrogens with zero attached hydrogens (tertiary/aromatic N) is 1. The molecule has 2 N–H and O–H groups in total. The second-order valence-electron chi connectivity index (χ2n) is 10.7. The molecule has 48 heavy (non-hydrogen) atoms. The van der Waals surface area contributed by atoms with Gasteiger partial charge in [-0.05, 0) is 68.3 Å². The van der Waals surface area contributed by atoms with E-state index in [9.17, 15) is 37.1 Å². The Kier molecular flexibility index (Phi) is 13.8. The number of ether oxygens (including phenoxy) is 1. The molecule has 0 fully saturated rings. The van der Waals surface area contributed by atoms with Gasteiger partial charge in [-0.1, -0.05) is 39.2 Å². The molecule has 0 aliphatic rings. The van der Waals surface area contributed by atoms with E-state index in [0.717, 1.165) is 37.1 Å². The second kappa shape index (κ2) is 17.7. The molecular weight excluding hydrogens is 635 g/mol. The average molecular weight is 674 g/mol. The number of carbonyl (C=O) groups is 5. The van der Waals surface area contributed by atoms with E-state index in [1.54, 1.807) is 38.1 Å². The van der Waals surface area contributed by atoms with E-state index < -0.39 is 41.5 Å². The molecule has 258 valence electrons. The maximum atomic E-state index is 13.4. The predicted octanol–water partition coefficient (Wildman–Crippen LogP) is 6.19. The van der Waals surface area contributed by atoms with Crippen LogP contribution in [0.3, 0.4) is 0 Å². The summed E-state index contributed by atoms with van der Waals surface area (Å²) in [5.74, 6) is -2.38. The summed E-state index contributed by atoms with van der Waals surface area (Å²) in [6.45, 7) is 5.51. The number of unbranched alkanes of at least 4 members (excludes halogenated alkanes) is 2. The zero-order valence-corrected chi connectivity index (χ0v) is 26.8. The first-order chi connectivity index (χ1) is 23.0. The highest BCUT2D eigenvalue weighted by Gasteiger charge is 2.34. The number of hydrogen-bond donors (Lipinski definition) is 2. The molecule has 0 aliphatic heterocycles. The summed E-state index contributed by atoms with van der Waals surface area (Å²) in [7, 11) is 0. The lowest BCUT2D eigenvalue weighted by Gasteiger charge is -2.31. The zero-order valence-electron chi connectivity index (χ0n) is 26.8. The van der Waals surface area contributed by atoms with Crippen LogP contribution in [0.2, 0.25) is 0 Å². The number of halogens is 3. The van der Waals surface area contributed by atoms with Crippen LogP contribution in [0.25, 0.3) is 11.3 Å². The van der Waals surface area contributed by atoms with E-state index in [-0.39, 0.29) is 30.8 Å². The van der Waals surface area contributed by atoms with Crippen LogP contribution in [0.15, 0.2) is 59.0 Å². The smallest absolute Gasteiger partial charge is 0.416 e. The van der Waals surface area contributed by atoms with E-state index in [2.05, 4.69) is 10.6 Å². The Morgan fingerprint density at radius 2 is 1.69 bits per heavy atom. The molecule has 3 amide bonds. The number of furan rings is 1. The summed E-state index contributed by atoms with van der Waals surface area (Å²) in [6, 6.07) is 10.3. The lowest BCUT2D eigenvalue weighted by atomic mass is 9.90. The summed E-state index contributed by atoms with van der Waals surface area (Å²) in [5.41, 5.74) is -0.219. The maximum Gasteiger partial charge on any atom is 0.416 e. The van der Waals surface area contributed by atoms with Gasteiger partial charge >= 0.3 is 12.1 Å². The van der Waals surface area contributed by atoms with Crippen molar-refractivity contribution in [2.24, 2.45) is 5.92 Å². The van der Waals surface area contributed by atoms with Crippen molar-refractivity contribution in [1.29, 1.82) is 0 Å². The number of carbonyl (C=O) groups excluding carboxylic acids is 5. The first kappa shape index (κ1) is 37.3. The van der Waals surface area contributed by atoms with E-state index in [1.165, 1.54) is 6.07 Å². The van der Waals surface area contributed by atoms with Crippen LogP contribution in [-0.4, -0.2) is 54.9 Å². The Hall–Kier alpha value is -5.14. The van der Waals surface area contributed by atoms with E-state index in [4.69, 9.17) is 14.0 Å². The Morgan fingerprint density at radius 1 is 0.958 bits per heavy atom. The molecule has 3 aromatic rings. The first-order valence-electron chi connectivity index (χ1n) is 15.5. The van der Waals surface area contributed by atoms with Gasteiger partial charge in [0, 0.05) is 5.56 Å². The molecule has 0 saturated carbocycles. The highest BCUT2D eigenvalue weighted by atomic mass is 19.4. The number of hydrogen-bond acceptors (Lipinski definition) is 8. The maximum absolute atomic E-state index is 13.4. The standard InChI is InChI=1S/C34H38F3N3O8/c1-4-7-8-9-26(27(5-2)40(21-42)48-33(45)22-12-14-25(15-13-22)34(35,36)37)31(43)38-20-39-32(44)29-17-16-28(47-29)23-10-11-24(19-41)30(18-23)46-6-3/h10-19,21,26-27H,4-9,20H2,1-3H3,(H,38,43)(H,39,44). The summed E-state index contributed by atoms with van der Waals surface area (Å²) >= 11 is 0. The monoisotopic (exact) mass is 673 g/mol. The van der Waals surface area contributed by atoms with Gasteiger partial charge in [-0.15, -0.1) is 0 Å². The molecule has 14 heteroatoms. The van der Waals surface area contributed by atoms with E-state index in [0.29, 0.717) is 53.4 Å². The number of amides is 3. The van der Waals surface area contributed by atoms with E-state index in [1.807, 2.05) is 6.92 Å². The number of hydroxylamine groups is 2. The minimum absolute atomic E-state index is 0.0371. The molecule has 2 aromatic carbocycles. The summed E-state index contributed by atoms with van der Waals surface area (Å²) in [5, 5.41) is 5.89. The van der Waals surface area contributed by atoms with Gasteiger partial charge in [0.05, 0.1) is 41.9 Å². The molecule has 2 atom stereocenters. The largest absolute Gasteiger partial charge is 0.493 e. The zero-order chi connectivity index (χ0) is 35.3. The Morgan fingerprint density at radius 3 is 2.29 bits per heavy atom. The van der Waals surface area contributed by atoms with Crippen LogP contribution in [0.4, 0.5) is 13.2 Å². The number of aldehydes is 1. The molecule has 1 heterocycles. The fraction of sp³-hybridized carbons (Fsp3) is 0.382. The lowest BCUT2D eigenvalue weighted by Crippen LogP contribution is -2.49. The topological polar surface area (TPSA) is 144 Å². The Labute approximate surface area is 275 Å². The number of benzene rings is 2. The molecular formula is C34H38F3N3O8. The van der Waals surface area contributed by atoms with Gasteiger partial charge in [0.15, 0.2) is 12.0 Å². The molecule has 0 radical (unpaired) electrons. The van der Waals surface area contributed by atoms with Crippen molar-refractivity contribution in [3.8, 4) is 17.1 Å². The van der Waals surface area contributed by atoms with Crippen molar-refractivity contribution >= 4 is 30.5 Å². The molecule has 0 aliphatic carbocycles. The second-order valence-corrected chi connectivity index (χ2v) is 10.7. The third-order valence-electron chi connectivity index (χ3n) is 7.47. The quantitative estimate of drug-likeness (QED) is 0.0705. The molecule has 0 bridgehead atoms. The highest BCUT2D eigenvalue weighted by Crippen LogP contribution is 2.30. The highest BCUT2D eigenvalue weighted by molar-refractivity contribution is 5.92. The van der Waals surface area contributed by atoms with Crippen molar-refractivity contribution in [2.45, 2.75) is 65.1 Å². The first-order valence-corrected chi connectivity index (χ1v) is 15.5. The third-order valence-corrected chi connectivity index (χ3v) is 7.47. The summed E-state index contributed by atoms with van der Waals surface area (Å²) in [4.78, 5) is 67.4. The van der Waals surface area contributed by atoms with Crippen LogP contribution in [0, 0.1) is 5.92 Å². The Bertz CT molecular complexity index is 1560. The molecule has 3 rings (SSSR count). The van der Waals surface area contributed by atoms with Crippen LogP contribution < -0.4 is 15.4 Å². The minimum atomic E-state index is -4.59. The van der Waals surface area contributed by atoms with Gasteiger partial charge in [0.2, 0.25) is 12.3 Å². The number of alkyl halides is 3. The average Bonchev–Trinajstić information content (AvgIpc) is 3.57. The Balaban J connectivity index is 1.67. The minimum Gasteiger partial charge on any atom is -0.493 e. The van der Waals surface area contributed by atoms with Gasteiger partial charge < -0.3 is 24.6 Å². The predicted molar refractivity (Wildman–Crippen MR) is 168 cm³/mol. The van der Waals surface area contributed by atoms with Crippen LogP contribution in [0.5, 0.6) is 5.75 Å². The van der Waals surface area contributed by atoms with Crippen molar-refractivity contribution in [2.75, 3.05) is 13.3 Å². The van der Waals surface area contributed by atoms with Crippen molar-refractivity contribution in [3.05, 3.63) is 77.0 Å². The third kappa shape index (κ3) is 9.93. The SMILES string of the molecule is CCCCCC(C(=O)NCNC(=O)c1ccc(-c2ccc(C=O)c(OCC)c2)o1)C(CC)N(C=O)OC(=O)c1ccc(C(F)(F)F)cc1. The van der Waals surface area contributed by atoms with E-state index >= 15 is 0 Å². The van der Waals surface area contributed by atoms with Crippen molar-refractivity contribution in [1.82, 2.24) is 15.7 Å². The van der Waals surface area contributed by atoms with Crippen LogP contribution in [-0.2, 0) is 20.6 Å². The van der Waals surface area contributed by atoms with Crippen molar-refractivity contribution < 1.29 is 51.1 Å². The molecule has 2 unspecified atom stereocenters. The normalized spacial score (nSPS) is 12.4. The van der Waals surface area contributed by atoms with Gasteiger partial charge in [0.1, 0.15) is 11.5 Å². The van der Waals surface area contributed by atoms with Gasteiger partial charge in [-0.25, -0.2) is 4.79 Å². The van der Waals surface area contributed by atoms with Gasteiger partial charge in [-0.2, -0.15) is 18.2 Å². The molecule has 11 nitrogen and oxygen atoms in total. The number of nitrogens with one attached hydrogen (secondary N) is 2. The molecule has 0 saturated heterocycles. The summed E-state index contributed by atoms with van der Waals surface area (Å²) < 4.78 is 49.9. The summed E-state index contributed by atoms with van der Waals surface area (Å²) in [6.07, 6.45) is -0.903.